The number of nitrogens with zero attached hydrogens (tertiary/aromatic N) is 3. The molecule has 0 aromatic heterocycles. The minimum atomic E-state index is -0.676. The molecule has 0 aliphatic carbocycles. The van der Waals surface area contributed by atoms with Gasteiger partial charge in [-0.25, -0.2) is 0 Å². The second kappa shape index (κ2) is 13.0. The molecule has 1 heterocycles. The molecule has 1 rings (SSSR count). The molecule has 1 aliphatic heterocycles. The third kappa shape index (κ3) is 7.88. The fourth-order valence-electron chi connectivity index (χ4n) is 3.58. The maximum absolute atomic E-state index is 13.1. The number of nitrogens with one attached hydrogen (secondary N) is 1. The minimum absolute atomic E-state index is 0.00241. The average molecular weight is 412 g/mol. The van der Waals surface area contributed by atoms with Crippen LogP contribution < -0.4 is 22.5 Å². The van der Waals surface area contributed by atoms with E-state index in [0.717, 1.165) is 19.3 Å². The number of rotatable bonds is 12. The maximum Gasteiger partial charge on any atom is 0.245 e. The number of amides is 3. The van der Waals surface area contributed by atoms with E-state index >= 15 is 0 Å². The maximum atomic E-state index is 13.1. The number of carbonyl (C=O) groups excluding carboxylic acids is 3. The van der Waals surface area contributed by atoms with Crippen molar-refractivity contribution in [2.45, 2.75) is 64.5 Å². The fraction of sp³-hybridized carbons (Fsp3) is 0.789. The van der Waals surface area contributed by atoms with Crippen molar-refractivity contribution < 1.29 is 14.4 Å². The van der Waals surface area contributed by atoms with E-state index in [1.165, 1.54) is 4.90 Å². The molecule has 166 valence electrons. The predicted octanol–water partition coefficient (Wildman–Crippen LogP) is -0.877. The molecule has 29 heavy (non-hydrogen) atoms. The summed E-state index contributed by atoms with van der Waals surface area (Å²) in [6, 6.07) is -1.25. The standard InChI is InChI=1S/C19H37N7O3/c1-3-10-25(11-4-2)18(29)14(7-5-9-23-19(21)22)24-17(28)15-8-6-12-26(15)16(27)13-20/h14-15H,3-13,20H2,1-2H3,(H,24,28)(H4,21,22,23)/t14-,15-/m0/s1. The predicted molar refractivity (Wildman–Crippen MR) is 113 cm³/mol. The molecule has 0 unspecified atom stereocenters. The highest BCUT2D eigenvalue weighted by Gasteiger charge is 2.35. The van der Waals surface area contributed by atoms with E-state index in [4.69, 9.17) is 17.2 Å². The van der Waals surface area contributed by atoms with Crippen LogP contribution in [0.15, 0.2) is 4.99 Å². The Balaban J connectivity index is 2.88. The monoisotopic (exact) mass is 411 g/mol. The van der Waals surface area contributed by atoms with Crippen molar-refractivity contribution in [2.24, 2.45) is 22.2 Å². The molecule has 2 atom stereocenters. The molecule has 3 amide bonds. The van der Waals surface area contributed by atoms with E-state index in [1.807, 2.05) is 13.8 Å². The van der Waals surface area contributed by atoms with Crippen LogP contribution in [0.3, 0.4) is 0 Å². The molecule has 0 aromatic rings. The van der Waals surface area contributed by atoms with Crippen LogP contribution in [0.2, 0.25) is 0 Å². The lowest BCUT2D eigenvalue weighted by Crippen LogP contribution is -2.54. The van der Waals surface area contributed by atoms with Crippen molar-refractivity contribution in [3.05, 3.63) is 0 Å². The van der Waals surface area contributed by atoms with E-state index in [9.17, 15) is 14.4 Å². The van der Waals surface area contributed by atoms with Gasteiger partial charge in [0, 0.05) is 26.2 Å². The molecule has 1 aliphatic rings. The summed E-state index contributed by atoms with van der Waals surface area (Å²) < 4.78 is 0. The summed E-state index contributed by atoms with van der Waals surface area (Å²) in [6.45, 7) is 6.04. The van der Waals surface area contributed by atoms with Crippen molar-refractivity contribution in [1.29, 1.82) is 0 Å². The average Bonchev–Trinajstić information content (AvgIpc) is 3.18. The van der Waals surface area contributed by atoms with E-state index < -0.39 is 12.1 Å². The van der Waals surface area contributed by atoms with Crippen molar-refractivity contribution in [3.63, 3.8) is 0 Å². The highest BCUT2D eigenvalue weighted by Crippen LogP contribution is 2.18. The number of hydrogen-bond acceptors (Lipinski definition) is 5. The number of likely N-dealkylation sites (tertiary alicyclic amines) is 1. The summed E-state index contributed by atoms with van der Waals surface area (Å²) in [4.78, 5) is 45.2. The van der Waals surface area contributed by atoms with Gasteiger partial charge in [0.25, 0.3) is 0 Å². The van der Waals surface area contributed by atoms with Gasteiger partial charge in [0.2, 0.25) is 17.7 Å². The molecule has 1 fully saturated rings. The SMILES string of the molecule is CCCN(CCC)C(=O)[C@H](CCCN=C(N)N)NC(=O)[C@@H]1CCCN1C(=O)CN. The van der Waals surface area contributed by atoms with Gasteiger partial charge in [-0.05, 0) is 38.5 Å². The third-order valence-electron chi connectivity index (χ3n) is 4.91. The number of nitrogens with two attached hydrogens (primary N) is 3. The van der Waals surface area contributed by atoms with Crippen LogP contribution in [0, 0.1) is 0 Å². The Labute approximate surface area is 173 Å². The van der Waals surface area contributed by atoms with Gasteiger partial charge in [-0.3, -0.25) is 19.4 Å². The fourth-order valence-corrected chi connectivity index (χ4v) is 3.58. The summed E-state index contributed by atoms with van der Waals surface area (Å²) in [7, 11) is 0. The van der Waals surface area contributed by atoms with Crippen molar-refractivity contribution in [3.8, 4) is 0 Å². The first-order chi connectivity index (χ1) is 13.8. The Hall–Kier alpha value is -2.36. The molecule has 0 spiro atoms. The first-order valence-electron chi connectivity index (χ1n) is 10.5. The molecule has 0 radical (unpaired) electrons. The van der Waals surface area contributed by atoms with Gasteiger partial charge >= 0.3 is 0 Å². The Bertz CT molecular complexity index is 572. The van der Waals surface area contributed by atoms with Crippen molar-refractivity contribution in [1.82, 2.24) is 15.1 Å². The Kier molecular flexibility index (Phi) is 11.0. The zero-order chi connectivity index (χ0) is 21.8. The molecule has 10 heteroatoms. The van der Waals surface area contributed by atoms with E-state index in [1.54, 1.807) is 4.90 Å². The molecule has 0 bridgehead atoms. The van der Waals surface area contributed by atoms with Crippen LogP contribution in [0.5, 0.6) is 0 Å². The highest BCUT2D eigenvalue weighted by atomic mass is 16.2. The molecule has 0 saturated carbocycles. The number of hydrogen-bond donors (Lipinski definition) is 4. The van der Waals surface area contributed by atoms with Gasteiger partial charge in [-0.15, -0.1) is 0 Å². The third-order valence-corrected chi connectivity index (χ3v) is 4.91. The lowest BCUT2D eigenvalue weighted by molar-refractivity contribution is -0.140. The van der Waals surface area contributed by atoms with Crippen LogP contribution in [0.4, 0.5) is 0 Å². The smallest absolute Gasteiger partial charge is 0.245 e. The molecular formula is C19H37N7O3. The van der Waals surface area contributed by atoms with Gasteiger partial charge < -0.3 is 32.3 Å². The van der Waals surface area contributed by atoms with Crippen molar-refractivity contribution >= 4 is 23.7 Å². The van der Waals surface area contributed by atoms with Gasteiger partial charge in [0.1, 0.15) is 12.1 Å². The van der Waals surface area contributed by atoms with Crippen LogP contribution in [-0.4, -0.2) is 78.3 Å². The molecule has 0 aromatic carbocycles. The lowest BCUT2D eigenvalue weighted by Gasteiger charge is -2.30. The van der Waals surface area contributed by atoms with E-state index in [2.05, 4.69) is 10.3 Å². The summed E-state index contributed by atoms with van der Waals surface area (Å²) in [5, 5.41) is 2.88. The normalized spacial score (nSPS) is 16.9. The van der Waals surface area contributed by atoms with Crippen LogP contribution in [0.1, 0.15) is 52.4 Å². The first kappa shape index (κ1) is 24.7. The number of guanidine groups is 1. The molecule has 1 saturated heterocycles. The summed E-state index contributed by atoms with van der Waals surface area (Å²) >= 11 is 0. The number of aliphatic imine (C=N–C) groups is 1. The summed E-state index contributed by atoms with van der Waals surface area (Å²) in [5.74, 6) is -0.673. The van der Waals surface area contributed by atoms with E-state index in [-0.39, 0.29) is 30.2 Å². The number of carbonyl (C=O) groups is 3. The Morgan fingerprint density at radius 1 is 1.21 bits per heavy atom. The highest BCUT2D eigenvalue weighted by molar-refractivity contribution is 5.92. The van der Waals surface area contributed by atoms with E-state index in [0.29, 0.717) is 45.4 Å². The zero-order valence-corrected chi connectivity index (χ0v) is 17.7. The van der Waals surface area contributed by atoms with Crippen LogP contribution in [-0.2, 0) is 14.4 Å². The quantitative estimate of drug-likeness (QED) is 0.185. The Morgan fingerprint density at radius 3 is 2.41 bits per heavy atom. The van der Waals surface area contributed by atoms with Crippen LogP contribution >= 0.6 is 0 Å². The van der Waals surface area contributed by atoms with Gasteiger partial charge in [0.05, 0.1) is 6.54 Å². The Morgan fingerprint density at radius 2 is 1.86 bits per heavy atom. The van der Waals surface area contributed by atoms with Gasteiger partial charge in [0.15, 0.2) is 5.96 Å². The van der Waals surface area contributed by atoms with Crippen molar-refractivity contribution in [2.75, 3.05) is 32.7 Å². The van der Waals surface area contributed by atoms with Gasteiger partial charge in [-0.2, -0.15) is 0 Å². The second-order valence-electron chi connectivity index (χ2n) is 7.28. The van der Waals surface area contributed by atoms with Gasteiger partial charge in [-0.1, -0.05) is 13.8 Å². The zero-order valence-electron chi connectivity index (χ0n) is 17.7. The summed E-state index contributed by atoms with van der Waals surface area (Å²) in [5.41, 5.74) is 16.2. The second-order valence-corrected chi connectivity index (χ2v) is 7.28. The first-order valence-corrected chi connectivity index (χ1v) is 10.5. The molecule has 7 N–H and O–H groups in total. The minimum Gasteiger partial charge on any atom is -0.370 e. The largest absolute Gasteiger partial charge is 0.370 e. The summed E-state index contributed by atoms with van der Waals surface area (Å²) in [6.07, 6.45) is 3.95. The lowest BCUT2D eigenvalue weighted by atomic mass is 10.1. The van der Waals surface area contributed by atoms with Crippen LogP contribution in [0.25, 0.3) is 0 Å². The topological polar surface area (TPSA) is 160 Å². The molecule has 10 nitrogen and oxygen atoms in total. The molecular weight excluding hydrogens is 374 g/mol.